The minimum Gasteiger partial charge on any atom is -0.497 e. The Bertz CT molecular complexity index is 891. The van der Waals surface area contributed by atoms with Crippen molar-refractivity contribution in [1.29, 1.82) is 0 Å². The molecule has 2 aromatic carbocycles. The van der Waals surface area contributed by atoms with Crippen LogP contribution in [0.1, 0.15) is 36.3 Å². The zero-order valence-corrected chi connectivity index (χ0v) is 18.7. The molecule has 0 saturated carbocycles. The lowest BCUT2D eigenvalue weighted by atomic mass is 9.89. The molecule has 2 aliphatic rings. The van der Waals surface area contributed by atoms with Gasteiger partial charge in [0, 0.05) is 13.1 Å². The van der Waals surface area contributed by atoms with Crippen molar-refractivity contribution in [2.45, 2.75) is 37.8 Å². The van der Waals surface area contributed by atoms with Crippen LogP contribution in [0.3, 0.4) is 0 Å². The van der Waals surface area contributed by atoms with E-state index in [1.54, 1.807) is 21.3 Å². The van der Waals surface area contributed by atoms with E-state index in [0.717, 1.165) is 50.2 Å². The van der Waals surface area contributed by atoms with Crippen LogP contribution < -0.4 is 14.2 Å². The summed E-state index contributed by atoms with van der Waals surface area (Å²) in [6.07, 6.45) is 3.08. The molecule has 2 heterocycles. The Hall–Kier alpha value is -2.73. The molecule has 31 heavy (non-hydrogen) atoms. The Balaban J connectivity index is 1.33. The summed E-state index contributed by atoms with van der Waals surface area (Å²) in [6, 6.07) is 14.3. The van der Waals surface area contributed by atoms with Crippen LogP contribution in [-0.4, -0.2) is 62.7 Å². The highest BCUT2D eigenvalue weighted by molar-refractivity contribution is 5.84. The van der Waals surface area contributed by atoms with Crippen LogP contribution in [0.5, 0.6) is 17.2 Å². The SMILES string of the molecule is COc1ccc(C2CCN(C3CCN(Cc4ccc(OC)c(OC)c4)C3=O)CC2)cc1. The minimum atomic E-state index is 0.0111. The summed E-state index contributed by atoms with van der Waals surface area (Å²) in [5, 5.41) is 0. The first-order valence-electron chi connectivity index (χ1n) is 11.0. The third-order valence-corrected chi connectivity index (χ3v) is 6.65. The molecule has 6 nitrogen and oxygen atoms in total. The van der Waals surface area contributed by atoms with Gasteiger partial charge in [0.1, 0.15) is 5.75 Å². The van der Waals surface area contributed by atoms with Crippen LogP contribution in [0, 0.1) is 0 Å². The van der Waals surface area contributed by atoms with Gasteiger partial charge >= 0.3 is 0 Å². The minimum absolute atomic E-state index is 0.0111. The number of nitrogens with zero attached hydrogens (tertiary/aromatic N) is 2. The highest BCUT2D eigenvalue weighted by Gasteiger charge is 2.37. The van der Waals surface area contributed by atoms with Crippen LogP contribution in [0.15, 0.2) is 42.5 Å². The van der Waals surface area contributed by atoms with Gasteiger partial charge in [0.05, 0.1) is 27.4 Å². The normalized spacial score (nSPS) is 20.2. The highest BCUT2D eigenvalue weighted by atomic mass is 16.5. The molecule has 2 fully saturated rings. The number of likely N-dealkylation sites (tertiary alicyclic amines) is 2. The van der Waals surface area contributed by atoms with Gasteiger partial charge in [-0.25, -0.2) is 0 Å². The van der Waals surface area contributed by atoms with E-state index in [4.69, 9.17) is 14.2 Å². The van der Waals surface area contributed by atoms with E-state index in [1.807, 2.05) is 35.2 Å². The van der Waals surface area contributed by atoms with E-state index in [2.05, 4.69) is 17.0 Å². The van der Waals surface area contributed by atoms with Crippen LogP contribution in [0.25, 0.3) is 0 Å². The number of rotatable bonds is 7. The van der Waals surface area contributed by atoms with E-state index in [-0.39, 0.29) is 11.9 Å². The smallest absolute Gasteiger partial charge is 0.240 e. The third kappa shape index (κ3) is 4.64. The van der Waals surface area contributed by atoms with Crippen molar-refractivity contribution in [3.63, 3.8) is 0 Å². The summed E-state index contributed by atoms with van der Waals surface area (Å²) in [5.74, 6) is 3.10. The quantitative estimate of drug-likeness (QED) is 0.679. The summed E-state index contributed by atoms with van der Waals surface area (Å²) in [4.78, 5) is 17.5. The standard InChI is InChI=1S/C25H32N2O4/c1-29-21-7-5-19(6-8-21)20-10-13-26(14-11-20)22-12-15-27(25(22)28)17-18-4-9-23(30-2)24(16-18)31-3/h4-9,16,20,22H,10-15,17H2,1-3H3. The van der Waals surface area contributed by atoms with Gasteiger partial charge < -0.3 is 19.1 Å². The maximum absolute atomic E-state index is 13.1. The highest BCUT2D eigenvalue weighted by Crippen LogP contribution is 2.33. The molecular formula is C25H32N2O4. The maximum atomic E-state index is 13.1. The molecular weight excluding hydrogens is 392 g/mol. The van der Waals surface area contributed by atoms with Crippen LogP contribution in [0.4, 0.5) is 0 Å². The molecule has 166 valence electrons. The Kier molecular flexibility index (Phi) is 6.66. The van der Waals surface area contributed by atoms with Gasteiger partial charge in [-0.3, -0.25) is 9.69 Å². The largest absolute Gasteiger partial charge is 0.497 e. The monoisotopic (exact) mass is 424 g/mol. The second-order valence-corrected chi connectivity index (χ2v) is 8.34. The molecule has 1 unspecified atom stereocenters. The molecule has 2 saturated heterocycles. The molecule has 0 spiro atoms. The summed E-state index contributed by atoms with van der Waals surface area (Å²) >= 11 is 0. The lowest BCUT2D eigenvalue weighted by molar-refractivity contribution is -0.133. The van der Waals surface area contributed by atoms with E-state index in [1.165, 1.54) is 5.56 Å². The number of carbonyl (C=O) groups is 1. The average Bonchev–Trinajstić information content (AvgIpc) is 3.19. The number of piperidine rings is 1. The van der Waals surface area contributed by atoms with Crippen molar-refractivity contribution in [3.05, 3.63) is 53.6 Å². The van der Waals surface area contributed by atoms with Gasteiger partial charge in [-0.2, -0.15) is 0 Å². The lowest BCUT2D eigenvalue weighted by Gasteiger charge is -2.35. The zero-order chi connectivity index (χ0) is 21.8. The number of amides is 1. The molecule has 1 amide bonds. The summed E-state index contributed by atoms with van der Waals surface area (Å²) in [7, 11) is 4.96. The Morgan fingerprint density at radius 3 is 2.19 bits per heavy atom. The van der Waals surface area contributed by atoms with Crippen LogP contribution in [0.2, 0.25) is 0 Å². The predicted octanol–water partition coefficient (Wildman–Crippen LogP) is 3.69. The van der Waals surface area contributed by atoms with E-state index < -0.39 is 0 Å². The van der Waals surface area contributed by atoms with Crippen molar-refractivity contribution in [2.75, 3.05) is 41.0 Å². The first-order chi connectivity index (χ1) is 15.1. The second-order valence-electron chi connectivity index (χ2n) is 8.34. The number of methoxy groups -OCH3 is 3. The second kappa shape index (κ2) is 9.60. The fourth-order valence-electron chi connectivity index (χ4n) is 4.84. The molecule has 0 aliphatic carbocycles. The van der Waals surface area contributed by atoms with E-state index >= 15 is 0 Å². The predicted molar refractivity (Wildman–Crippen MR) is 120 cm³/mol. The fourth-order valence-corrected chi connectivity index (χ4v) is 4.84. The maximum Gasteiger partial charge on any atom is 0.240 e. The number of hydrogen-bond acceptors (Lipinski definition) is 5. The van der Waals surface area contributed by atoms with E-state index in [0.29, 0.717) is 24.0 Å². The molecule has 1 atom stereocenters. The molecule has 0 N–H and O–H groups in total. The molecule has 0 bridgehead atoms. The Labute approximate surface area is 184 Å². The summed E-state index contributed by atoms with van der Waals surface area (Å²) < 4.78 is 16.0. The lowest BCUT2D eigenvalue weighted by Crippen LogP contribution is -2.45. The first kappa shape index (κ1) is 21.5. The first-order valence-corrected chi connectivity index (χ1v) is 11.0. The number of carbonyl (C=O) groups excluding carboxylic acids is 1. The molecule has 0 radical (unpaired) electrons. The van der Waals surface area contributed by atoms with Crippen molar-refractivity contribution in [2.24, 2.45) is 0 Å². The van der Waals surface area contributed by atoms with Gasteiger partial charge in [-0.1, -0.05) is 18.2 Å². The molecule has 0 aromatic heterocycles. The number of hydrogen-bond donors (Lipinski definition) is 0. The van der Waals surface area contributed by atoms with E-state index in [9.17, 15) is 4.79 Å². The Morgan fingerprint density at radius 1 is 0.839 bits per heavy atom. The van der Waals surface area contributed by atoms with Crippen molar-refractivity contribution >= 4 is 5.91 Å². The fraction of sp³-hybridized carbons (Fsp3) is 0.480. The van der Waals surface area contributed by atoms with Crippen LogP contribution in [-0.2, 0) is 11.3 Å². The molecule has 2 aliphatic heterocycles. The summed E-state index contributed by atoms with van der Waals surface area (Å²) in [5.41, 5.74) is 2.43. The zero-order valence-electron chi connectivity index (χ0n) is 18.7. The van der Waals surface area contributed by atoms with Crippen molar-refractivity contribution in [1.82, 2.24) is 9.80 Å². The van der Waals surface area contributed by atoms with Crippen molar-refractivity contribution < 1.29 is 19.0 Å². The number of benzene rings is 2. The Morgan fingerprint density at radius 2 is 1.55 bits per heavy atom. The third-order valence-electron chi connectivity index (χ3n) is 6.65. The molecule has 6 heteroatoms. The summed E-state index contributed by atoms with van der Waals surface area (Å²) in [6.45, 7) is 3.35. The molecule has 4 rings (SSSR count). The topological polar surface area (TPSA) is 51.2 Å². The number of ether oxygens (including phenoxy) is 3. The van der Waals surface area contributed by atoms with Crippen LogP contribution >= 0.6 is 0 Å². The average molecular weight is 425 g/mol. The van der Waals surface area contributed by atoms with Gasteiger partial charge in [0.2, 0.25) is 5.91 Å². The van der Waals surface area contributed by atoms with Crippen molar-refractivity contribution in [3.8, 4) is 17.2 Å². The van der Waals surface area contributed by atoms with Gasteiger partial charge in [0.15, 0.2) is 11.5 Å². The molecule has 2 aromatic rings. The van der Waals surface area contributed by atoms with Gasteiger partial charge in [-0.15, -0.1) is 0 Å². The van der Waals surface area contributed by atoms with Gasteiger partial charge in [-0.05, 0) is 73.7 Å². The van der Waals surface area contributed by atoms with Gasteiger partial charge in [0.25, 0.3) is 0 Å².